The summed E-state index contributed by atoms with van der Waals surface area (Å²) in [7, 11) is 1.59. The lowest BCUT2D eigenvalue weighted by Gasteiger charge is -2.11. The fourth-order valence-electron chi connectivity index (χ4n) is 1.60. The number of methoxy groups -OCH3 is 1. The lowest BCUT2D eigenvalue weighted by atomic mass is 10.1. The molecular formula is C11H9Cl2N3O. The molecule has 6 heteroatoms. The summed E-state index contributed by atoms with van der Waals surface area (Å²) in [5, 5.41) is 8.04. The third-order valence-corrected chi connectivity index (χ3v) is 2.63. The molecule has 0 atom stereocenters. The fourth-order valence-corrected chi connectivity index (χ4v) is 2.01. The van der Waals surface area contributed by atoms with Crippen LogP contribution < -0.4 is 4.74 Å². The number of nitrogens with zero attached hydrogens (tertiary/aromatic N) is 3. The fraction of sp³-hybridized carbons (Fsp3) is 0.182. The van der Waals surface area contributed by atoms with Gasteiger partial charge in [-0.1, -0.05) is 11.6 Å². The maximum Gasteiger partial charge on any atom is 0.243 e. The molecule has 88 valence electrons. The van der Waals surface area contributed by atoms with Crippen LogP contribution in [0.4, 0.5) is 0 Å². The Balaban J connectivity index is 2.65. The zero-order chi connectivity index (χ0) is 12.4. The number of hydrogen-bond acceptors (Lipinski definition) is 4. The molecule has 0 amide bonds. The number of ether oxygens (including phenoxy) is 1. The highest BCUT2D eigenvalue weighted by Gasteiger charge is 2.12. The summed E-state index contributed by atoms with van der Waals surface area (Å²) in [5.41, 5.74) is 2.24. The maximum atomic E-state index is 6.02. The Labute approximate surface area is 109 Å². The molecule has 0 saturated carbocycles. The van der Waals surface area contributed by atoms with Crippen molar-refractivity contribution in [3.63, 3.8) is 0 Å². The molecule has 0 fully saturated rings. The molecule has 2 rings (SSSR count). The zero-order valence-electron chi connectivity index (χ0n) is 9.24. The largest absolute Gasteiger partial charge is 0.496 e. The Morgan fingerprint density at radius 3 is 2.65 bits per heavy atom. The lowest BCUT2D eigenvalue weighted by Crippen LogP contribution is -1.95. The molecule has 0 unspecified atom stereocenters. The van der Waals surface area contributed by atoms with Crippen molar-refractivity contribution in [2.45, 2.75) is 6.92 Å². The molecule has 0 aliphatic rings. The van der Waals surface area contributed by atoms with Crippen molar-refractivity contribution in [1.29, 1.82) is 0 Å². The Morgan fingerprint density at radius 2 is 2.00 bits per heavy atom. The van der Waals surface area contributed by atoms with Gasteiger partial charge >= 0.3 is 0 Å². The number of halogens is 2. The van der Waals surface area contributed by atoms with Crippen molar-refractivity contribution >= 4 is 23.2 Å². The van der Waals surface area contributed by atoms with Crippen molar-refractivity contribution in [1.82, 2.24) is 15.2 Å². The van der Waals surface area contributed by atoms with E-state index in [0.717, 1.165) is 11.1 Å². The summed E-state index contributed by atoms with van der Waals surface area (Å²) < 4.78 is 5.34. The molecule has 0 bridgehead atoms. The van der Waals surface area contributed by atoms with Gasteiger partial charge in [0.2, 0.25) is 5.28 Å². The Kier molecular flexibility index (Phi) is 3.45. The highest BCUT2D eigenvalue weighted by Crippen LogP contribution is 2.34. The van der Waals surface area contributed by atoms with Crippen LogP contribution in [0.3, 0.4) is 0 Å². The van der Waals surface area contributed by atoms with Crippen LogP contribution in [0.15, 0.2) is 18.3 Å². The highest BCUT2D eigenvalue weighted by molar-refractivity contribution is 6.31. The van der Waals surface area contributed by atoms with E-state index in [9.17, 15) is 0 Å². The average molecular weight is 270 g/mol. The second kappa shape index (κ2) is 4.85. The summed E-state index contributed by atoms with van der Waals surface area (Å²) in [4.78, 5) is 4.09. The third-order valence-electron chi connectivity index (χ3n) is 2.25. The van der Waals surface area contributed by atoms with Crippen molar-refractivity contribution in [3.05, 3.63) is 34.2 Å². The zero-order valence-corrected chi connectivity index (χ0v) is 10.7. The number of benzene rings is 1. The SMILES string of the molecule is COc1c(C)cc(Cl)cc1-c1cnnc(Cl)n1. The Hall–Kier alpha value is -1.39. The van der Waals surface area contributed by atoms with Gasteiger partial charge in [-0.2, -0.15) is 5.10 Å². The normalized spacial score (nSPS) is 10.4. The van der Waals surface area contributed by atoms with Crippen LogP contribution in [0.25, 0.3) is 11.3 Å². The predicted octanol–water partition coefficient (Wildman–Crippen LogP) is 3.16. The topological polar surface area (TPSA) is 47.9 Å². The van der Waals surface area contributed by atoms with E-state index in [2.05, 4.69) is 15.2 Å². The molecule has 17 heavy (non-hydrogen) atoms. The first kappa shape index (κ1) is 12.1. The number of hydrogen-bond donors (Lipinski definition) is 0. The summed E-state index contributed by atoms with van der Waals surface area (Å²) in [6.07, 6.45) is 1.51. The summed E-state index contributed by atoms with van der Waals surface area (Å²) >= 11 is 11.7. The standard InChI is InChI=1S/C11H9Cl2N3O/c1-6-3-7(12)4-8(10(6)17-2)9-5-14-16-11(13)15-9/h3-5H,1-2H3. The van der Waals surface area contributed by atoms with Gasteiger partial charge in [-0.05, 0) is 36.2 Å². The van der Waals surface area contributed by atoms with Crippen LogP contribution in [-0.4, -0.2) is 22.3 Å². The number of rotatable bonds is 2. The molecule has 0 saturated heterocycles. The van der Waals surface area contributed by atoms with E-state index in [1.165, 1.54) is 6.20 Å². The first-order valence-electron chi connectivity index (χ1n) is 4.81. The molecule has 1 aromatic heterocycles. The van der Waals surface area contributed by atoms with E-state index in [1.807, 2.05) is 13.0 Å². The monoisotopic (exact) mass is 269 g/mol. The summed E-state index contributed by atoms with van der Waals surface area (Å²) in [5.74, 6) is 0.700. The van der Waals surface area contributed by atoms with Gasteiger partial charge in [0, 0.05) is 10.6 Å². The van der Waals surface area contributed by atoms with Gasteiger partial charge < -0.3 is 4.74 Å². The van der Waals surface area contributed by atoms with E-state index in [0.29, 0.717) is 16.5 Å². The van der Waals surface area contributed by atoms with Crippen molar-refractivity contribution in [3.8, 4) is 17.0 Å². The minimum Gasteiger partial charge on any atom is -0.496 e. The van der Waals surface area contributed by atoms with E-state index in [4.69, 9.17) is 27.9 Å². The molecule has 2 aromatic rings. The average Bonchev–Trinajstić information content (AvgIpc) is 2.28. The van der Waals surface area contributed by atoms with Crippen molar-refractivity contribution in [2.75, 3.05) is 7.11 Å². The summed E-state index contributed by atoms with van der Waals surface area (Å²) in [6.45, 7) is 1.91. The van der Waals surface area contributed by atoms with Gasteiger partial charge in [0.05, 0.1) is 19.0 Å². The molecule has 4 nitrogen and oxygen atoms in total. The third kappa shape index (κ3) is 2.48. The molecular weight excluding hydrogens is 261 g/mol. The van der Waals surface area contributed by atoms with Crippen LogP contribution in [0.1, 0.15) is 5.56 Å². The second-order valence-corrected chi connectivity index (χ2v) is 4.19. The molecule has 0 aliphatic carbocycles. The molecule has 0 N–H and O–H groups in total. The van der Waals surface area contributed by atoms with Crippen LogP contribution in [0, 0.1) is 6.92 Å². The first-order valence-corrected chi connectivity index (χ1v) is 5.57. The van der Waals surface area contributed by atoms with Gasteiger partial charge in [0.15, 0.2) is 0 Å². The minimum atomic E-state index is 0.0854. The Bertz CT molecular complexity index is 560. The Morgan fingerprint density at radius 1 is 1.24 bits per heavy atom. The van der Waals surface area contributed by atoms with Crippen LogP contribution in [0.2, 0.25) is 10.3 Å². The highest BCUT2D eigenvalue weighted by atomic mass is 35.5. The molecule has 1 aromatic carbocycles. The first-order chi connectivity index (χ1) is 8.11. The molecule has 0 spiro atoms. The van der Waals surface area contributed by atoms with Crippen LogP contribution in [-0.2, 0) is 0 Å². The second-order valence-electron chi connectivity index (χ2n) is 3.41. The van der Waals surface area contributed by atoms with E-state index < -0.39 is 0 Å². The van der Waals surface area contributed by atoms with E-state index >= 15 is 0 Å². The number of aromatic nitrogens is 3. The van der Waals surface area contributed by atoms with Gasteiger partial charge in [-0.3, -0.25) is 0 Å². The van der Waals surface area contributed by atoms with Gasteiger partial charge in [0.1, 0.15) is 5.75 Å². The van der Waals surface area contributed by atoms with Crippen molar-refractivity contribution < 1.29 is 4.74 Å². The molecule has 0 aliphatic heterocycles. The van der Waals surface area contributed by atoms with Crippen molar-refractivity contribution in [2.24, 2.45) is 0 Å². The van der Waals surface area contributed by atoms with E-state index in [1.54, 1.807) is 13.2 Å². The number of aryl methyl sites for hydroxylation is 1. The van der Waals surface area contributed by atoms with E-state index in [-0.39, 0.29) is 5.28 Å². The summed E-state index contributed by atoms with van der Waals surface area (Å²) in [6, 6.07) is 3.58. The van der Waals surface area contributed by atoms with Gasteiger partial charge in [-0.25, -0.2) is 4.98 Å². The van der Waals surface area contributed by atoms with Crippen LogP contribution >= 0.6 is 23.2 Å². The quantitative estimate of drug-likeness (QED) is 0.840. The van der Waals surface area contributed by atoms with Gasteiger partial charge in [-0.15, -0.1) is 5.10 Å². The molecule has 0 radical (unpaired) electrons. The minimum absolute atomic E-state index is 0.0854. The smallest absolute Gasteiger partial charge is 0.243 e. The lowest BCUT2D eigenvalue weighted by molar-refractivity contribution is 0.413. The van der Waals surface area contributed by atoms with Gasteiger partial charge in [0.25, 0.3) is 0 Å². The van der Waals surface area contributed by atoms with Crippen LogP contribution in [0.5, 0.6) is 5.75 Å². The predicted molar refractivity (Wildman–Crippen MR) is 66.6 cm³/mol. The molecule has 1 heterocycles. The maximum absolute atomic E-state index is 6.02.